The molecular weight excluding hydrogens is 498 g/mol. The molecule has 1 heterocycles. The molecule has 4 rings (SSSR count). The zero-order valence-corrected chi connectivity index (χ0v) is 25.8. The van der Waals surface area contributed by atoms with Crippen LogP contribution in [-0.2, 0) is 39.4 Å². The normalized spacial score (nSPS) is 18.8. The zero-order chi connectivity index (χ0) is 27.4. The lowest BCUT2D eigenvalue weighted by Gasteiger charge is -2.33. The van der Waals surface area contributed by atoms with Gasteiger partial charge in [0, 0.05) is 18.1 Å². The van der Waals surface area contributed by atoms with Crippen molar-refractivity contribution in [3.63, 3.8) is 0 Å². The van der Waals surface area contributed by atoms with E-state index in [0.29, 0.717) is 23.8 Å². The number of furan rings is 1. The first-order chi connectivity index (χ1) is 17.0. The van der Waals surface area contributed by atoms with E-state index in [4.69, 9.17) is 8.45 Å². The smallest absolute Gasteiger partial charge is 0.198 e. The predicted molar refractivity (Wildman–Crippen MR) is 153 cm³/mol. The molecule has 1 aromatic heterocycles. The fourth-order valence-electron chi connectivity index (χ4n) is 5.17. The Morgan fingerprint density at radius 1 is 1.19 bits per heavy atom. The van der Waals surface area contributed by atoms with E-state index >= 15 is 0 Å². The molecular formula is C30H45NO4SSi. The van der Waals surface area contributed by atoms with Crippen LogP contribution in [0.2, 0.25) is 18.1 Å². The van der Waals surface area contributed by atoms with Crippen LogP contribution in [0.1, 0.15) is 94.5 Å². The van der Waals surface area contributed by atoms with Gasteiger partial charge in [-0.05, 0) is 98.2 Å². The molecule has 1 unspecified atom stereocenters. The average molecular weight is 544 g/mol. The molecule has 0 bridgehead atoms. The van der Waals surface area contributed by atoms with Crippen LogP contribution in [0, 0.1) is 5.92 Å². The average Bonchev–Trinajstić information content (AvgIpc) is 3.27. The monoisotopic (exact) mass is 543 g/mol. The SMILES string of the molecule is C[C@@H](c1ccc2c(c1CC(=O)CS(=O)(=N[Si](C)(C)C(C)(C)C)c1cc(C(C)(C)O)co1)CCC2)C1CC1. The van der Waals surface area contributed by atoms with E-state index in [9.17, 15) is 14.1 Å². The molecule has 37 heavy (non-hydrogen) atoms. The number of hydrogen-bond donors (Lipinski definition) is 1. The van der Waals surface area contributed by atoms with E-state index in [0.717, 1.165) is 19.3 Å². The Labute approximate surface area is 224 Å². The van der Waals surface area contributed by atoms with Crippen LogP contribution in [0.15, 0.2) is 38.0 Å². The van der Waals surface area contributed by atoms with Gasteiger partial charge >= 0.3 is 0 Å². The molecule has 1 N–H and O–H groups in total. The summed E-state index contributed by atoms with van der Waals surface area (Å²) in [6.07, 6.45) is 7.46. The van der Waals surface area contributed by atoms with Gasteiger partial charge in [0.2, 0.25) is 0 Å². The largest absolute Gasteiger partial charge is 0.454 e. The second-order valence-electron chi connectivity index (χ2n) is 13.4. The Kier molecular flexibility index (Phi) is 7.50. The number of fused-ring (bicyclic) bond motifs is 1. The number of Topliss-reactive ketones (excluding diaryl/α,β-unsaturated/α-hetero) is 1. The van der Waals surface area contributed by atoms with Crippen molar-refractivity contribution in [2.75, 3.05) is 5.75 Å². The summed E-state index contributed by atoms with van der Waals surface area (Å²) in [6.45, 7) is 16.2. The van der Waals surface area contributed by atoms with Crippen molar-refractivity contribution in [1.82, 2.24) is 0 Å². The van der Waals surface area contributed by atoms with Crippen LogP contribution in [0.25, 0.3) is 0 Å². The zero-order valence-electron chi connectivity index (χ0n) is 23.9. The van der Waals surface area contributed by atoms with Crippen molar-refractivity contribution < 1.29 is 18.5 Å². The second kappa shape index (κ2) is 9.80. The summed E-state index contributed by atoms with van der Waals surface area (Å²) in [4.78, 5) is 13.8. The summed E-state index contributed by atoms with van der Waals surface area (Å²) >= 11 is 0. The molecule has 2 atom stereocenters. The third-order valence-corrected chi connectivity index (χ3v) is 17.0. The maximum atomic E-state index is 14.6. The molecule has 0 spiro atoms. The summed E-state index contributed by atoms with van der Waals surface area (Å²) in [5.74, 6) is 0.918. The summed E-state index contributed by atoms with van der Waals surface area (Å²) < 4.78 is 25.4. The van der Waals surface area contributed by atoms with Gasteiger partial charge in [-0.2, -0.15) is 0 Å². The first-order valence-electron chi connectivity index (χ1n) is 13.7. The minimum absolute atomic E-state index is 0.0572. The number of benzene rings is 1. The van der Waals surface area contributed by atoms with Gasteiger partial charge in [-0.25, -0.2) is 4.21 Å². The molecule has 2 aliphatic rings. The van der Waals surface area contributed by atoms with Crippen LogP contribution < -0.4 is 0 Å². The first-order valence-corrected chi connectivity index (χ1v) is 18.4. The fourth-order valence-corrected chi connectivity index (χ4v) is 11.0. The Morgan fingerprint density at radius 2 is 1.86 bits per heavy atom. The Hall–Kier alpha value is -1.70. The Morgan fingerprint density at radius 3 is 2.43 bits per heavy atom. The number of rotatable bonds is 9. The first kappa shape index (κ1) is 28.3. The number of ketones is 1. The molecule has 5 nitrogen and oxygen atoms in total. The van der Waals surface area contributed by atoms with Crippen LogP contribution in [-0.4, -0.2) is 29.1 Å². The molecule has 1 saturated carbocycles. The summed E-state index contributed by atoms with van der Waals surface area (Å²) in [5.41, 5.74) is 4.57. The standard InChI is InChI=1S/C30H45NO4SSi/c1-20(21-12-13-21)25-15-14-22-10-9-11-26(22)27(25)17-24(32)19-36(34,31-37(7,8)29(2,3)4)28-16-23(18-35-28)30(5,6)33/h14-16,18,20-21,33H,9-13,17,19H2,1-8H3/t20-,36?/m1/s1. The number of aryl methyl sites for hydroxylation is 1. The van der Waals surface area contributed by atoms with Gasteiger partial charge < -0.3 is 9.52 Å². The van der Waals surface area contributed by atoms with E-state index in [1.165, 1.54) is 41.4 Å². The number of carbonyl (C=O) groups excluding carboxylic acids is 1. The molecule has 0 saturated heterocycles. The lowest BCUT2D eigenvalue weighted by atomic mass is 9.86. The highest BCUT2D eigenvalue weighted by atomic mass is 32.2. The number of hydrogen-bond acceptors (Lipinski definition) is 5. The fraction of sp³-hybridized carbons (Fsp3) is 0.633. The highest BCUT2D eigenvalue weighted by molar-refractivity contribution is 7.95. The van der Waals surface area contributed by atoms with Gasteiger partial charge in [0.15, 0.2) is 19.1 Å². The van der Waals surface area contributed by atoms with E-state index < -0.39 is 23.6 Å². The van der Waals surface area contributed by atoms with Crippen LogP contribution in [0.4, 0.5) is 0 Å². The maximum absolute atomic E-state index is 14.6. The predicted octanol–water partition coefficient (Wildman–Crippen LogP) is 7.15. The third kappa shape index (κ3) is 5.99. The second-order valence-corrected chi connectivity index (χ2v) is 20.7. The highest BCUT2D eigenvalue weighted by Gasteiger charge is 2.39. The van der Waals surface area contributed by atoms with E-state index in [-0.39, 0.29) is 21.7 Å². The molecule has 2 aromatic rings. The Bertz CT molecular complexity index is 1300. The lowest BCUT2D eigenvalue weighted by molar-refractivity contribution is -0.116. The maximum Gasteiger partial charge on any atom is 0.198 e. The molecule has 1 aromatic carbocycles. The van der Waals surface area contributed by atoms with Gasteiger partial charge in [0.25, 0.3) is 0 Å². The lowest BCUT2D eigenvalue weighted by Crippen LogP contribution is -2.37. The molecule has 204 valence electrons. The van der Waals surface area contributed by atoms with Gasteiger partial charge in [0.05, 0.1) is 17.6 Å². The molecule has 0 aliphatic heterocycles. The number of nitrogens with zero attached hydrogens (tertiary/aromatic N) is 1. The van der Waals surface area contributed by atoms with Crippen molar-refractivity contribution in [1.29, 1.82) is 0 Å². The molecule has 7 heteroatoms. The quantitative estimate of drug-likeness (QED) is 0.341. The van der Waals surface area contributed by atoms with Crippen LogP contribution in [0.5, 0.6) is 0 Å². The third-order valence-electron chi connectivity index (χ3n) is 8.79. The molecule has 1 fully saturated rings. The summed E-state index contributed by atoms with van der Waals surface area (Å²) in [6, 6.07) is 6.14. The van der Waals surface area contributed by atoms with E-state index in [1.807, 2.05) is 0 Å². The summed E-state index contributed by atoms with van der Waals surface area (Å²) in [7, 11) is -5.56. The van der Waals surface area contributed by atoms with Crippen molar-refractivity contribution in [3.8, 4) is 0 Å². The van der Waals surface area contributed by atoms with Crippen molar-refractivity contribution in [3.05, 3.63) is 52.3 Å². The summed E-state index contributed by atoms with van der Waals surface area (Å²) in [5, 5.41) is 10.5. The van der Waals surface area contributed by atoms with Crippen LogP contribution in [0.3, 0.4) is 0 Å². The number of carbonyl (C=O) groups is 1. The van der Waals surface area contributed by atoms with Gasteiger partial charge in [0.1, 0.15) is 9.73 Å². The molecule has 0 radical (unpaired) electrons. The van der Waals surface area contributed by atoms with Crippen molar-refractivity contribution >= 4 is 23.7 Å². The van der Waals surface area contributed by atoms with Crippen molar-refractivity contribution in [2.45, 2.75) is 115 Å². The van der Waals surface area contributed by atoms with Crippen molar-refractivity contribution in [2.24, 2.45) is 9.95 Å². The van der Waals surface area contributed by atoms with Gasteiger partial charge in [-0.1, -0.05) is 39.8 Å². The van der Waals surface area contributed by atoms with Crippen LogP contribution >= 0.6 is 0 Å². The Balaban J connectivity index is 1.73. The van der Waals surface area contributed by atoms with E-state index in [2.05, 4.69) is 52.9 Å². The van der Waals surface area contributed by atoms with Gasteiger partial charge in [-0.3, -0.25) is 8.82 Å². The highest BCUT2D eigenvalue weighted by Crippen LogP contribution is 2.45. The molecule has 0 amide bonds. The number of aliphatic hydroxyl groups is 1. The van der Waals surface area contributed by atoms with E-state index in [1.54, 1.807) is 19.9 Å². The minimum Gasteiger partial charge on any atom is -0.454 e. The minimum atomic E-state index is -3.16. The van der Waals surface area contributed by atoms with Gasteiger partial charge in [-0.15, -0.1) is 0 Å². The topological polar surface area (TPSA) is 79.9 Å². The molecule has 2 aliphatic carbocycles.